The number of aromatic nitrogens is 1. The van der Waals surface area contributed by atoms with Crippen molar-refractivity contribution in [2.24, 2.45) is 0 Å². The highest BCUT2D eigenvalue weighted by Gasteiger charge is 2.13. The third-order valence-corrected chi connectivity index (χ3v) is 3.58. The Morgan fingerprint density at radius 3 is 2.79 bits per heavy atom. The summed E-state index contributed by atoms with van der Waals surface area (Å²) in [6, 6.07) is 6.73. The highest BCUT2D eigenvalue weighted by atomic mass is 79.9. The number of halogens is 3. The van der Waals surface area contributed by atoms with Gasteiger partial charge in [0.2, 0.25) is 0 Å². The van der Waals surface area contributed by atoms with Crippen LogP contribution < -0.4 is 5.32 Å². The molecule has 2 nitrogen and oxygen atoms in total. The molecule has 0 aliphatic carbocycles. The molecular formula is C14H13BrClFN2. The van der Waals surface area contributed by atoms with Crippen LogP contribution in [0.4, 0.5) is 4.39 Å². The fourth-order valence-electron chi connectivity index (χ4n) is 1.91. The summed E-state index contributed by atoms with van der Waals surface area (Å²) in [4.78, 5) is 4.13. The Labute approximate surface area is 125 Å². The van der Waals surface area contributed by atoms with Gasteiger partial charge in [-0.15, -0.1) is 0 Å². The molecule has 1 unspecified atom stereocenters. The maximum atomic E-state index is 13.8. The van der Waals surface area contributed by atoms with E-state index in [0.29, 0.717) is 17.0 Å². The molecule has 100 valence electrons. The maximum absolute atomic E-state index is 13.8. The molecule has 1 aromatic carbocycles. The third-order valence-electron chi connectivity index (χ3n) is 2.92. The molecule has 5 heteroatoms. The smallest absolute Gasteiger partial charge is 0.127 e. The fourth-order valence-corrected chi connectivity index (χ4v) is 2.45. The van der Waals surface area contributed by atoms with Crippen LogP contribution in [0.25, 0.3) is 0 Å². The predicted molar refractivity (Wildman–Crippen MR) is 78.9 cm³/mol. The van der Waals surface area contributed by atoms with Gasteiger partial charge in [0, 0.05) is 27.9 Å². The molecule has 0 amide bonds. The number of pyridine rings is 1. The van der Waals surface area contributed by atoms with E-state index in [0.717, 1.165) is 10.0 Å². The lowest BCUT2D eigenvalue weighted by Crippen LogP contribution is -2.19. The van der Waals surface area contributed by atoms with Crippen LogP contribution in [-0.2, 0) is 6.42 Å². The van der Waals surface area contributed by atoms with Crippen molar-refractivity contribution in [3.8, 4) is 0 Å². The number of benzene rings is 1. The van der Waals surface area contributed by atoms with E-state index in [9.17, 15) is 4.39 Å². The molecule has 1 atom stereocenters. The molecule has 0 fully saturated rings. The highest BCUT2D eigenvalue weighted by molar-refractivity contribution is 9.10. The van der Waals surface area contributed by atoms with Crippen LogP contribution in [0.15, 0.2) is 41.1 Å². The Bertz CT molecular complexity index is 577. The van der Waals surface area contributed by atoms with Gasteiger partial charge in [-0.2, -0.15) is 0 Å². The first-order chi connectivity index (χ1) is 9.10. The molecule has 2 aromatic rings. The average Bonchev–Trinajstić information content (AvgIpc) is 2.38. The van der Waals surface area contributed by atoms with Crippen molar-refractivity contribution in [2.75, 3.05) is 7.05 Å². The molecule has 0 saturated heterocycles. The molecule has 1 aromatic heterocycles. The number of hydrogen-bond acceptors (Lipinski definition) is 2. The van der Waals surface area contributed by atoms with E-state index < -0.39 is 0 Å². The zero-order chi connectivity index (χ0) is 13.8. The Morgan fingerprint density at radius 1 is 1.37 bits per heavy atom. The second kappa shape index (κ2) is 6.46. The van der Waals surface area contributed by atoms with Crippen molar-refractivity contribution in [1.82, 2.24) is 10.3 Å². The first kappa shape index (κ1) is 14.4. The Morgan fingerprint density at radius 2 is 2.16 bits per heavy atom. The van der Waals surface area contributed by atoms with E-state index in [1.807, 2.05) is 13.1 Å². The van der Waals surface area contributed by atoms with Gasteiger partial charge in [0.1, 0.15) is 5.82 Å². The normalized spacial score (nSPS) is 12.4. The minimum atomic E-state index is -0.282. The number of likely N-dealkylation sites (N-methyl/N-ethyl adjacent to an activating group) is 1. The van der Waals surface area contributed by atoms with Crippen molar-refractivity contribution >= 4 is 27.5 Å². The zero-order valence-corrected chi connectivity index (χ0v) is 12.7. The lowest BCUT2D eigenvalue weighted by molar-refractivity contribution is 0.553. The van der Waals surface area contributed by atoms with Gasteiger partial charge in [-0.3, -0.25) is 4.98 Å². The fraction of sp³-hybridized carbons (Fsp3) is 0.214. The van der Waals surface area contributed by atoms with Crippen molar-refractivity contribution in [1.29, 1.82) is 0 Å². The molecule has 0 bridgehead atoms. The lowest BCUT2D eigenvalue weighted by Gasteiger charge is -2.17. The minimum absolute atomic E-state index is 0.000625. The lowest BCUT2D eigenvalue weighted by atomic mass is 10.00. The van der Waals surface area contributed by atoms with Crippen molar-refractivity contribution < 1.29 is 4.39 Å². The van der Waals surface area contributed by atoms with Crippen LogP contribution in [0.3, 0.4) is 0 Å². The SMILES string of the molecule is CNC(Cc1ccc(Cl)cc1F)c1cncc(Br)c1. The second-order valence-corrected chi connectivity index (χ2v) is 5.57. The number of nitrogens with zero attached hydrogens (tertiary/aromatic N) is 1. The molecular weight excluding hydrogens is 331 g/mol. The number of nitrogens with one attached hydrogen (secondary N) is 1. The zero-order valence-electron chi connectivity index (χ0n) is 10.3. The predicted octanol–water partition coefficient (Wildman–Crippen LogP) is 4.14. The summed E-state index contributed by atoms with van der Waals surface area (Å²) in [7, 11) is 1.85. The van der Waals surface area contributed by atoms with E-state index in [1.165, 1.54) is 6.07 Å². The summed E-state index contributed by atoms with van der Waals surface area (Å²) in [5, 5.41) is 3.58. The van der Waals surface area contributed by atoms with Crippen LogP contribution in [0.2, 0.25) is 5.02 Å². The van der Waals surface area contributed by atoms with Gasteiger partial charge in [0.25, 0.3) is 0 Å². The summed E-state index contributed by atoms with van der Waals surface area (Å²) >= 11 is 9.14. The van der Waals surface area contributed by atoms with Crippen LogP contribution in [0.5, 0.6) is 0 Å². The number of hydrogen-bond donors (Lipinski definition) is 1. The second-order valence-electron chi connectivity index (χ2n) is 4.22. The van der Waals surface area contributed by atoms with Gasteiger partial charge in [-0.05, 0) is 58.7 Å². The molecule has 0 aliphatic heterocycles. The van der Waals surface area contributed by atoms with E-state index in [1.54, 1.807) is 24.5 Å². The molecule has 1 N–H and O–H groups in total. The molecule has 0 saturated carbocycles. The van der Waals surface area contributed by atoms with Crippen molar-refractivity contribution in [3.05, 3.63) is 63.1 Å². The van der Waals surface area contributed by atoms with Crippen molar-refractivity contribution in [3.63, 3.8) is 0 Å². The summed E-state index contributed by atoms with van der Waals surface area (Å²) in [6.07, 6.45) is 4.04. The third kappa shape index (κ3) is 3.75. The minimum Gasteiger partial charge on any atom is -0.313 e. The molecule has 0 spiro atoms. The first-order valence-corrected chi connectivity index (χ1v) is 6.99. The van der Waals surface area contributed by atoms with Crippen LogP contribution in [0.1, 0.15) is 17.2 Å². The molecule has 0 aliphatic rings. The topological polar surface area (TPSA) is 24.9 Å². The van der Waals surface area contributed by atoms with E-state index >= 15 is 0 Å². The summed E-state index contributed by atoms with van der Waals surface area (Å²) < 4.78 is 14.7. The molecule has 1 heterocycles. The van der Waals surface area contributed by atoms with Gasteiger partial charge in [-0.1, -0.05) is 17.7 Å². The highest BCUT2D eigenvalue weighted by Crippen LogP contribution is 2.23. The molecule has 2 rings (SSSR count). The van der Waals surface area contributed by atoms with Crippen molar-refractivity contribution in [2.45, 2.75) is 12.5 Å². The maximum Gasteiger partial charge on any atom is 0.127 e. The molecule has 0 radical (unpaired) electrons. The Balaban J connectivity index is 2.24. The first-order valence-electron chi connectivity index (χ1n) is 5.82. The average molecular weight is 344 g/mol. The van der Waals surface area contributed by atoms with Gasteiger partial charge < -0.3 is 5.32 Å². The monoisotopic (exact) mass is 342 g/mol. The van der Waals surface area contributed by atoms with E-state index in [2.05, 4.69) is 26.2 Å². The van der Waals surface area contributed by atoms with Gasteiger partial charge in [-0.25, -0.2) is 4.39 Å². The largest absolute Gasteiger partial charge is 0.313 e. The van der Waals surface area contributed by atoms with Crippen LogP contribution in [-0.4, -0.2) is 12.0 Å². The summed E-state index contributed by atoms with van der Waals surface area (Å²) in [6.45, 7) is 0. The van der Waals surface area contributed by atoms with E-state index in [-0.39, 0.29) is 11.9 Å². The van der Waals surface area contributed by atoms with Gasteiger partial charge in [0.05, 0.1) is 0 Å². The molecule has 19 heavy (non-hydrogen) atoms. The standard InChI is InChI=1S/C14H13BrClFN2/c1-18-14(10-4-11(15)8-19-7-10)5-9-2-3-12(16)6-13(9)17/h2-4,6-8,14,18H,5H2,1H3. The van der Waals surface area contributed by atoms with E-state index in [4.69, 9.17) is 11.6 Å². The number of rotatable bonds is 4. The summed E-state index contributed by atoms with van der Waals surface area (Å²) in [5.74, 6) is -0.282. The Hall–Kier alpha value is -0.970. The van der Waals surface area contributed by atoms with Crippen LogP contribution >= 0.6 is 27.5 Å². The quantitative estimate of drug-likeness (QED) is 0.902. The Kier molecular flexibility index (Phi) is 4.91. The summed E-state index contributed by atoms with van der Waals surface area (Å²) in [5.41, 5.74) is 1.63. The van der Waals surface area contributed by atoms with Gasteiger partial charge >= 0.3 is 0 Å². The van der Waals surface area contributed by atoms with Gasteiger partial charge in [0.15, 0.2) is 0 Å². The van der Waals surface area contributed by atoms with Crippen LogP contribution in [0, 0.1) is 5.82 Å².